The minimum absolute atomic E-state index is 0.0295. The second kappa shape index (κ2) is 5.82. The Morgan fingerprint density at radius 3 is 2.90 bits per heavy atom. The number of urea groups is 1. The van der Waals surface area contributed by atoms with Crippen LogP contribution in [-0.2, 0) is 18.4 Å². The zero-order valence-corrected chi connectivity index (χ0v) is 10.5. The van der Waals surface area contributed by atoms with Crippen LogP contribution in [0.1, 0.15) is 17.4 Å². The normalized spacial score (nSPS) is 11.8. The maximum absolute atomic E-state index is 11.6. The number of carbonyl (C=O) groups excluding carboxylic acids is 1. The molecule has 0 spiro atoms. The molecule has 0 aliphatic carbocycles. The van der Waals surface area contributed by atoms with Crippen molar-refractivity contribution in [2.75, 3.05) is 0 Å². The van der Waals surface area contributed by atoms with Gasteiger partial charge in [0.1, 0.15) is 0 Å². The number of carboxylic acid groups (broad SMARTS) is 1. The summed E-state index contributed by atoms with van der Waals surface area (Å²) in [6, 6.07) is -1.85. The first-order chi connectivity index (χ1) is 9.56. The number of rotatable bonds is 5. The fourth-order valence-electron chi connectivity index (χ4n) is 1.49. The summed E-state index contributed by atoms with van der Waals surface area (Å²) in [5.74, 6) is -0.902. The van der Waals surface area contributed by atoms with E-state index < -0.39 is 18.0 Å². The van der Waals surface area contributed by atoms with E-state index in [9.17, 15) is 9.59 Å². The van der Waals surface area contributed by atoms with Gasteiger partial charge < -0.3 is 20.3 Å². The van der Waals surface area contributed by atoms with Gasteiger partial charge in [-0.1, -0.05) is 5.16 Å². The summed E-state index contributed by atoms with van der Waals surface area (Å²) in [5.41, 5.74) is 0.370. The summed E-state index contributed by atoms with van der Waals surface area (Å²) >= 11 is 0. The summed E-state index contributed by atoms with van der Waals surface area (Å²) < 4.78 is 5.95. The lowest BCUT2D eigenvalue weighted by atomic mass is 10.1. The summed E-state index contributed by atoms with van der Waals surface area (Å²) in [5, 5.41) is 21.2. The molecule has 1 unspecified atom stereocenters. The smallest absolute Gasteiger partial charge is 0.331 e. The van der Waals surface area contributed by atoms with Crippen molar-refractivity contribution in [2.24, 2.45) is 7.05 Å². The van der Waals surface area contributed by atoms with Gasteiger partial charge in [0.15, 0.2) is 11.9 Å². The maximum atomic E-state index is 11.6. The standard InChI is InChI=1S/C10H12N6O4/c1-16-4-6(2-13-16)8(9(17)18)14-10(19)11-3-7-12-5-20-15-7/h2,4-5,8H,3H2,1H3,(H,17,18)(H2,11,14,19). The topological polar surface area (TPSA) is 135 Å². The van der Waals surface area contributed by atoms with Crippen LogP contribution in [0.25, 0.3) is 0 Å². The third-order valence-electron chi connectivity index (χ3n) is 2.39. The van der Waals surface area contributed by atoms with Crippen LogP contribution in [-0.4, -0.2) is 37.0 Å². The lowest BCUT2D eigenvalue weighted by molar-refractivity contribution is -0.139. The molecule has 10 nitrogen and oxygen atoms in total. The van der Waals surface area contributed by atoms with Gasteiger partial charge in [-0.3, -0.25) is 4.68 Å². The highest BCUT2D eigenvalue weighted by atomic mass is 16.5. The molecular weight excluding hydrogens is 268 g/mol. The molecule has 0 saturated carbocycles. The fraction of sp³-hybridized carbons (Fsp3) is 0.300. The second-order valence-electron chi connectivity index (χ2n) is 3.89. The zero-order chi connectivity index (χ0) is 14.5. The summed E-state index contributed by atoms with van der Waals surface area (Å²) in [6.07, 6.45) is 4.01. The molecular formula is C10H12N6O4. The number of hydrogen-bond donors (Lipinski definition) is 3. The molecule has 0 aliphatic rings. The van der Waals surface area contributed by atoms with E-state index in [1.165, 1.54) is 17.1 Å². The number of nitrogens with zero attached hydrogens (tertiary/aromatic N) is 4. The van der Waals surface area contributed by atoms with E-state index >= 15 is 0 Å². The predicted molar refractivity (Wildman–Crippen MR) is 63.3 cm³/mol. The van der Waals surface area contributed by atoms with Gasteiger partial charge in [-0.05, 0) is 0 Å². The third-order valence-corrected chi connectivity index (χ3v) is 2.39. The van der Waals surface area contributed by atoms with E-state index in [0.29, 0.717) is 5.56 Å². The summed E-state index contributed by atoms with van der Waals surface area (Å²) in [6.45, 7) is 0.0295. The Bertz CT molecular complexity index is 593. The Morgan fingerprint density at radius 2 is 2.35 bits per heavy atom. The summed E-state index contributed by atoms with van der Waals surface area (Å²) in [7, 11) is 1.65. The average molecular weight is 280 g/mol. The average Bonchev–Trinajstić information content (AvgIpc) is 3.04. The lowest BCUT2D eigenvalue weighted by Gasteiger charge is -2.13. The fourth-order valence-corrected chi connectivity index (χ4v) is 1.49. The maximum Gasteiger partial charge on any atom is 0.331 e. The molecule has 0 radical (unpaired) electrons. The van der Waals surface area contributed by atoms with Gasteiger partial charge in [-0.2, -0.15) is 10.1 Å². The van der Waals surface area contributed by atoms with Crippen molar-refractivity contribution in [3.05, 3.63) is 30.2 Å². The van der Waals surface area contributed by atoms with Gasteiger partial charge in [-0.25, -0.2) is 9.59 Å². The molecule has 20 heavy (non-hydrogen) atoms. The molecule has 2 heterocycles. The van der Waals surface area contributed by atoms with Crippen LogP contribution in [0, 0.1) is 0 Å². The minimum atomic E-state index is -1.19. The number of carbonyl (C=O) groups is 2. The Balaban J connectivity index is 1.94. The minimum Gasteiger partial charge on any atom is -0.479 e. The molecule has 2 amide bonds. The van der Waals surface area contributed by atoms with Crippen molar-refractivity contribution < 1.29 is 19.2 Å². The Morgan fingerprint density at radius 1 is 1.55 bits per heavy atom. The van der Waals surface area contributed by atoms with Crippen molar-refractivity contribution in [3.8, 4) is 0 Å². The number of hydrogen-bond acceptors (Lipinski definition) is 6. The van der Waals surface area contributed by atoms with Gasteiger partial charge in [-0.15, -0.1) is 0 Å². The van der Waals surface area contributed by atoms with E-state index in [0.717, 1.165) is 6.39 Å². The lowest BCUT2D eigenvalue weighted by Crippen LogP contribution is -2.40. The van der Waals surface area contributed by atoms with Crippen LogP contribution < -0.4 is 10.6 Å². The first kappa shape index (κ1) is 13.5. The first-order valence-electron chi connectivity index (χ1n) is 5.57. The number of carboxylic acids is 1. The van der Waals surface area contributed by atoms with Gasteiger partial charge >= 0.3 is 12.0 Å². The van der Waals surface area contributed by atoms with Gasteiger partial charge in [0.25, 0.3) is 0 Å². The molecule has 2 rings (SSSR count). The van der Waals surface area contributed by atoms with Crippen molar-refractivity contribution in [1.29, 1.82) is 0 Å². The molecule has 0 bridgehead atoms. The SMILES string of the molecule is Cn1cc(C(NC(=O)NCc2ncon2)C(=O)O)cn1. The van der Waals surface area contributed by atoms with Crippen molar-refractivity contribution in [2.45, 2.75) is 12.6 Å². The Hall–Kier alpha value is -2.91. The first-order valence-corrected chi connectivity index (χ1v) is 5.57. The predicted octanol–water partition coefficient (Wildman–Crippen LogP) is -0.572. The molecule has 10 heteroatoms. The quantitative estimate of drug-likeness (QED) is 0.667. The Kier molecular flexibility index (Phi) is 3.93. The van der Waals surface area contributed by atoms with Crippen LogP contribution in [0.5, 0.6) is 0 Å². The molecule has 0 aliphatic heterocycles. The number of aliphatic carboxylic acids is 1. The van der Waals surface area contributed by atoms with E-state index in [-0.39, 0.29) is 12.4 Å². The van der Waals surface area contributed by atoms with Crippen molar-refractivity contribution in [3.63, 3.8) is 0 Å². The van der Waals surface area contributed by atoms with Gasteiger partial charge in [0, 0.05) is 18.8 Å². The second-order valence-corrected chi connectivity index (χ2v) is 3.89. The van der Waals surface area contributed by atoms with Crippen LogP contribution in [0.2, 0.25) is 0 Å². The van der Waals surface area contributed by atoms with E-state index in [1.54, 1.807) is 7.05 Å². The van der Waals surface area contributed by atoms with Crippen molar-refractivity contribution in [1.82, 2.24) is 30.6 Å². The summed E-state index contributed by atoms with van der Waals surface area (Å²) in [4.78, 5) is 26.5. The van der Waals surface area contributed by atoms with Crippen LogP contribution in [0.4, 0.5) is 4.79 Å². The number of aryl methyl sites for hydroxylation is 1. The molecule has 0 saturated heterocycles. The van der Waals surface area contributed by atoms with E-state index in [1.807, 2.05) is 0 Å². The third kappa shape index (κ3) is 3.31. The van der Waals surface area contributed by atoms with Crippen molar-refractivity contribution >= 4 is 12.0 Å². The highest BCUT2D eigenvalue weighted by Gasteiger charge is 2.23. The van der Waals surface area contributed by atoms with Gasteiger partial charge in [0.2, 0.25) is 6.39 Å². The van der Waals surface area contributed by atoms with Crippen LogP contribution in [0.15, 0.2) is 23.3 Å². The van der Waals surface area contributed by atoms with E-state index in [2.05, 4.69) is 30.4 Å². The van der Waals surface area contributed by atoms with Crippen LogP contribution in [0.3, 0.4) is 0 Å². The monoisotopic (exact) mass is 280 g/mol. The molecule has 2 aromatic heterocycles. The molecule has 0 fully saturated rings. The van der Waals surface area contributed by atoms with Crippen LogP contribution >= 0.6 is 0 Å². The Labute approximate surface area is 112 Å². The molecule has 0 aromatic carbocycles. The highest BCUT2D eigenvalue weighted by Crippen LogP contribution is 2.11. The molecule has 3 N–H and O–H groups in total. The largest absolute Gasteiger partial charge is 0.479 e. The van der Waals surface area contributed by atoms with Gasteiger partial charge in [0.05, 0.1) is 12.7 Å². The molecule has 2 aromatic rings. The number of aromatic nitrogens is 4. The van der Waals surface area contributed by atoms with E-state index in [4.69, 9.17) is 5.11 Å². The highest BCUT2D eigenvalue weighted by molar-refractivity contribution is 5.83. The number of amides is 2. The molecule has 1 atom stereocenters. The number of nitrogens with one attached hydrogen (secondary N) is 2. The zero-order valence-electron chi connectivity index (χ0n) is 10.5. The molecule has 106 valence electrons.